The second-order valence-electron chi connectivity index (χ2n) is 7.39. The number of aryl methyl sites for hydroxylation is 2. The lowest BCUT2D eigenvalue weighted by Crippen LogP contribution is -2.38. The van der Waals surface area contributed by atoms with Crippen LogP contribution in [0.5, 0.6) is 0 Å². The van der Waals surface area contributed by atoms with Gasteiger partial charge in [0.05, 0.1) is 6.54 Å². The monoisotopic (exact) mass is 395 g/mol. The van der Waals surface area contributed by atoms with Crippen LogP contribution in [-0.2, 0) is 6.54 Å². The number of benzene rings is 1. The average Bonchev–Trinajstić information content (AvgIpc) is 2.62. The van der Waals surface area contributed by atoms with Gasteiger partial charge in [0, 0.05) is 11.3 Å². The number of pyridine rings is 1. The molecule has 7 heteroatoms. The average molecular weight is 395 g/mol. The van der Waals surface area contributed by atoms with Crippen molar-refractivity contribution in [3.63, 3.8) is 0 Å². The first-order chi connectivity index (χ1) is 13.7. The molecular formula is C22H22FN3O3. The van der Waals surface area contributed by atoms with Crippen LogP contribution in [-0.4, -0.2) is 20.3 Å². The molecule has 0 saturated heterocycles. The molecule has 1 aromatic carbocycles. The van der Waals surface area contributed by atoms with E-state index in [4.69, 9.17) is 0 Å². The standard InChI is InChI=1S/C22H22FN3O3/c1-12(2)18-19(20(27)17-9-13(3)8-14(4)24-17)26(22(29)25-21(18)28)11-15-6-5-7-16(23)10-15/h5-10,12H,11H2,1-4H3,(H,25,28,29). The number of nitrogens with one attached hydrogen (secondary N) is 1. The van der Waals surface area contributed by atoms with Gasteiger partial charge < -0.3 is 0 Å². The number of hydrogen-bond donors (Lipinski definition) is 1. The van der Waals surface area contributed by atoms with E-state index in [1.165, 1.54) is 22.8 Å². The van der Waals surface area contributed by atoms with Gasteiger partial charge in [-0.25, -0.2) is 14.2 Å². The zero-order valence-electron chi connectivity index (χ0n) is 16.7. The van der Waals surface area contributed by atoms with Crippen LogP contribution in [0.1, 0.15) is 58.3 Å². The Bertz CT molecular complexity index is 1190. The number of rotatable bonds is 5. The molecule has 0 unspecified atom stereocenters. The Morgan fingerprint density at radius 1 is 1.17 bits per heavy atom. The molecule has 0 aliphatic carbocycles. The number of nitrogens with zero attached hydrogens (tertiary/aromatic N) is 2. The van der Waals surface area contributed by atoms with Crippen LogP contribution in [0.25, 0.3) is 0 Å². The summed E-state index contributed by atoms with van der Waals surface area (Å²) in [7, 11) is 0. The maximum atomic E-state index is 13.6. The molecule has 0 radical (unpaired) electrons. The number of aromatic amines is 1. The molecule has 1 N–H and O–H groups in total. The molecule has 2 heterocycles. The Hall–Kier alpha value is -3.35. The van der Waals surface area contributed by atoms with Gasteiger partial charge in [-0.2, -0.15) is 0 Å². The minimum Gasteiger partial charge on any atom is -0.285 e. The molecule has 0 aliphatic heterocycles. The van der Waals surface area contributed by atoms with Crippen LogP contribution >= 0.6 is 0 Å². The van der Waals surface area contributed by atoms with Gasteiger partial charge in [-0.15, -0.1) is 0 Å². The minimum absolute atomic E-state index is 0.0180. The summed E-state index contributed by atoms with van der Waals surface area (Å²) in [6, 6.07) is 9.21. The summed E-state index contributed by atoms with van der Waals surface area (Å²) in [6.45, 7) is 7.09. The molecule has 0 saturated carbocycles. The highest BCUT2D eigenvalue weighted by atomic mass is 19.1. The van der Waals surface area contributed by atoms with Gasteiger partial charge in [0.1, 0.15) is 17.2 Å². The van der Waals surface area contributed by atoms with Crippen molar-refractivity contribution < 1.29 is 9.18 Å². The molecule has 0 amide bonds. The molecular weight excluding hydrogens is 373 g/mol. The number of halogens is 1. The first-order valence-corrected chi connectivity index (χ1v) is 9.29. The van der Waals surface area contributed by atoms with Gasteiger partial charge in [0.25, 0.3) is 5.56 Å². The summed E-state index contributed by atoms with van der Waals surface area (Å²) in [4.78, 5) is 45.1. The van der Waals surface area contributed by atoms with E-state index in [0.29, 0.717) is 11.3 Å². The Labute approximate surface area is 167 Å². The van der Waals surface area contributed by atoms with Crippen LogP contribution in [0.3, 0.4) is 0 Å². The third-order valence-electron chi connectivity index (χ3n) is 4.59. The van der Waals surface area contributed by atoms with Crippen molar-refractivity contribution >= 4 is 5.78 Å². The van der Waals surface area contributed by atoms with E-state index in [2.05, 4.69) is 9.97 Å². The summed E-state index contributed by atoms with van der Waals surface area (Å²) in [5.74, 6) is -1.28. The predicted molar refractivity (Wildman–Crippen MR) is 108 cm³/mol. The normalized spacial score (nSPS) is 11.1. The number of carbonyl (C=O) groups excluding carboxylic acids is 1. The highest BCUT2D eigenvalue weighted by Gasteiger charge is 2.25. The van der Waals surface area contributed by atoms with Crippen molar-refractivity contribution in [1.29, 1.82) is 0 Å². The lowest BCUT2D eigenvalue weighted by atomic mass is 9.98. The third kappa shape index (κ3) is 4.23. The van der Waals surface area contributed by atoms with Crippen molar-refractivity contribution in [2.75, 3.05) is 0 Å². The Morgan fingerprint density at radius 3 is 2.52 bits per heavy atom. The summed E-state index contributed by atoms with van der Waals surface area (Å²) >= 11 is 0. The van der Waals surface area contributed by atoms with Gasteiger partial charge in [-0.1, -0.05) is 26.0 Å². The van der Waals surface area contributed by atoms with E-state index < -0.39 is 22.8 Å². The minimum atomic E-state index is -0.726. The van der Waals surface area contributed by atoms with Gasteiger partial charge in [-0.3, -0.25) is 19.1 Å². The summed E-state index contributed by atoms with van der Waals surface area (Å²) in [5.41, 5.74) is 1.00. The molecule has 0 fully saturated rings. The van der Waals surface area contributed by atoms with Gasteiger partial charge >= 0.3 is 5.69 Å². The molecule has 3 aromatic rings. The van der Waals surface area contributed by atoms with Crippen molar-refractivity contribution in [1.82, 2.24) is 14.5 Å². The first kappa shape index (κ1) is 20.4. The quantitative estimate of drug-likeness (QED) is 0.673. The van der Waals surface area contributed by atoms with E-state index in [9.17, 15) is 18.8 Å². The Morgan fingerprint density at radius 2 is 1.90 bits per heavy atom. The molecule has 6 nitrogen and oxygen atoms in total. The van der Waals surface area contributed by atoms with E-state index in [-0.39, 0.29) is 29.4 Å². The van der Waals surface area contributed by atoms with Crippen LogP contribution in [0.2, 0.25) is 0 Å². The first-order valence-electron chi connectivity index (χ1n) is 9.29. The zero-order valence-corrected chi connectivity index (χ0v) is 16.7. The molecule has 3 rings (SSSR count). The number of hydrogen-bond acceptors (Lipinski definition) is 4. The highest BCUT2D eigenvalue weighted by molar-refractivity contribution is 6.07. The lowest BCUT2D eigenvalue weighted by molar-refractivity contribution is 0.102. The largest absolute Gasteiger partial charge is 0.329 e. The van der Waals surface area contributed by atoms with E-state index >= 15 is 0 Å². The Kier molecular flexibility index (Phi) is 5.59. The van der Waals surface area contributed by atoms with Crippen LogP contribution in [0.4, 0.5) is 4.39 Å². The highest BCUT2D eigenvalue weighted by Crippen LogP contribution is 2.19. The van der Waals surface area contributed by atoms with Crippen LogP contribution in [0.15, 0.2) is 46.0 Å². The SMILES string of the molecule is Cc1cc(C)nc(C(=O)c2c(C(C)C)c(=O)[nH]c(=O)n2Cc2cccc(F)c2)c1. The van der Waals surface area contributed by atoms with Crippen molar-refractivity contribution in [3.05, 3.63) is 96.8 Å². The van der Waals surface area contributed by atoms with Gasteiger partial charge in [0.2, 0.25) is 5.78 Å². The second-order valence-corrected chi connectivity index (χ2v) is 7.39. The third-order valence-corrected chi connectivity index (χ3v) is 4.59. The maximum absolute atomic E-state index is 13.6. The molecule has 0 atom stereocenters. The van der Waals surface area contributed by atoms with E-state index in [1.54, 1.807) is 32.9 Å². The molecule has 2 aromatic heterocycles. The fourth-order valence-corrected chi connectivity index (χ4v) is 3.41. The second kappa shape index (κ2) is 7.95. The maximum Gasteiger partial charge on any atom is 0.329 e. The van der Waals surface area contributed by atoms with Crippen molar-refractivity contribution in [2.24, 2.45) is 0 Å². The summed E-state index contributed by atoms with van der Waals surface area (Å²) in [5, 5.41) is 0. The van der Waals surface area contributed by atoms with Crippen molar-refractivity contribution in [2.45, 2.75) is 40.2 Å². The summed E-state index contributed by atoms with van der Waals surface area (Å²) in [6.07, 6.45) is 0. The zero-order chi connectivity index (χ0) is 21.3. The van der Waals surface area contributed by atoms with Crippen LogP contribution in [0, 0.1) is 19.7 Å². The number of aromatic nitrogens is 3. The summed E-state index contributed by atoms with van der Waals surface area (Å²) < 4.78 is 14.8. The molecule has 29 heavy (non-hydrogen) atoms. The topological polar surface area (TPSA) is 84.8 Å². The lowest BCUT2D eigenvalue weighted by Gasteiger charge is -2.17. The molecule has 0 bridgehead atoms. The van der Waals surface area contributed by atoms with E-state index in [1.807, 2.05) is 13.0 Å². The molecule has 0 aliphatic rings. The number of ketones is 1. The molecule has 0 spiro atoms. The predicted octanol–water partition coefficient (Wildman–Crippen LogP) is 3.09. The Balaban J connectivity index is 2.28. The van der Waals surface area contributed by atoms with Gasteiger partial charge in [-0.05, 0) is 55.2 Å². The fraction of sp³-hybridized carbons (Fsp3) is 0.273. The van der Waals surface area contributed by atoms with Gasteiger partial charge in [0.15, 0.2) is 0 Å². The smallest absolute Gasteiger partial charge is 0.285 e. The number of H-pyrrole nitrogens is 1. The fourth-order valence-electron chi connectivity index (χ4n) is 3.41. The van der Waals surface area contributed by atoms with E-state index in [0.717, 1.165) is 5.56 Å². The van der Waals surface area contributed by atoms with Crippen molar-refractivity contribution in [3.8, 4) is 0 Å². The van der Waals surface area contributed by atoms with Crippen LogP contribution < -0.4 is 11.2 Å². The molecule has 150 valence electrons. The number of carbonyl (C=O) groups is 1.